The third-order valence-electron chi connectivity index (χ3n) is 4.89. The molecule has 15 heteroatoms. The van der Waals surface area contributed by atoms with Gasteiger partial charge in [0.1, 0.15) is 28.5 Å². The number of hydrogen-bond donors (Lipinski definition) is 4. The number of oxazole rings is 1. The maximum Gasteiger partial charge on any atom is 0.389 e. The molecule has 3 unspecified atom stereocenters. The van der Waals surface area contributed by atoms with Crippen LogP contribution in [-0.4, -0.2) is 57.4 Å². The van der Waals surface area contributed by atoms with Crippen LogP contribution >= 0.6 is 11.3 Å². The Labute approximate surface area is 231 Å². The highest BCUT2D eigenvalue weighted by Crippen LogP contribution is 2.27. The molecule has 1 aromatic carbocycles. The second-order valence-corrected chi connectivity index (χ2v) is 9.23. The number of aryl methyl sites for hydroxylation is 1. The molecule has 0 saturated carbocycles. The number of nitrogens with zero attached hydrogens (tertiary/aromatic N) is 2. The van der Waals surface area contributed by atoms with Gasteiger partial charge in [-0.2, -0.15) is 13.2 Å². The number of alkyl halides is 3. The first-order chi connectivity index (χ1) is 18.8. The summed E-state index contributed by atoms with van der Waals surface area (Å²) in [6.45, 7) is 5.05. The summed E-state index contributed by atoms with van der Waals surface area (Å²) in [4.78, 5) is 29.2. The average Bonchev–Trinajstić information content (AvgIpc) is 3.57. The zero-order valence-electron chi connectivity index (χ0n) is 21.9. The fourth-order valence-electron chi connectivity index (χ4n) is 2.72. The van der Waals surface area contributed by atoms with Gasteiger partial charge in [-0.3, -0.25) is 9.59 Å². The van der Waals surface area contributed by atoms with Crippen molar-refractivity contribution in [1.82, 2.24) is 20.6 Å². The topological polar surface area (TPSA) is 138 Å². The molecule has 0 aliphatic rings. The van der Waals surface area contributed by atoms with Crippen LogP contribution in [0.3, 0.4) is 0 Å². The molecular formula is C25H31F5N4O5S. The van der Waals surface area contributed by atoms with Crippen LogP contribution in [0.4, 0.5) is 22.0 Å². The van der Waals surface area contributed by atoms with Gasteiger partial charge in [-0.1, -0.05) is 6.92 Å². The highest BCUT2D eigenvalue weighted by Gasteiger charge is 2.32. The molecule has 3 rings (SSSR count). The summed E-state index contributed by atoms with van der Waals surface area (Å²) in [6.07, 6.45) is -3.45. The first-order valence-corrected chi connectivity index (χ1v) is 12.8. The first kappa shape index (κ1) is 34.6. The number of carbonyl (C=O) groups excluding carboxylic acids is 2. The Morgan fingerprint density at radius 3 is 2.38 bits per heavy atom. The van der Waals surface area contributed by atoms with Gasteiger partial charge in [-0.15, -0.1) is 11.3 Å². The molecule has 0 bridgehead atoms. The van der Waals surface area contributed by atoms with E-state index in [9.17, 15) is 36.6 Å². The zero-order valence-corrected chi connectivity index (χ0v) is 22.7. The van der Waals surface area contributed by atoms with Crippen molar-refractivity contribution in [3.8, 4) is 11.5 Å². The van der Waals surface area contributed by atoms with Gasteiger partial charge in [0.05, 0.1) is 30.5 Å². The summed E-state index contributed by atoms with van der Waals surface area (Å²) in [6, 6.07) is 2.13. The van der Waals surface area contributed by atoms with E-state index in [1.165, 1.54) is 18.5 Å². The van der Waals surface area contributed by atoms with Gasteiger partial charge in [0.2, 0.25) is 18.2 Å². The van der Waals surface area contributed by atoms with Gasteiger partial charge in [-0.25, -0.2) is 18.7 Å². The minimum atomic E-state index is -4.40. The Hall–Kier alpha value is -3.43. The molecule has 0 spiro atoms. The van der Waals surface area contributed by atoms with E-state index >= 15 is 0 Å². The van der Waals surface area contributed by atoms with Crippen LogP contribution in [0.15, 0.2) is 40.4 Å². The standard InChI is InChI=1S/C11H14F3N3O3S.C10H7F2NO.C4H10O/c12-11(13,14)2-1-7(17-8(19)5-15-6-18)9(20)10-16-3-4-21-10;1-6-5-13-10(14-6)8-3-2-7(11)4-9(8)12;1-3-4(2)5/h3-4,6-7,9,20H,1-2,5H2,(H,15,18)(H,17,19);2-5H,1H3;4-5H,3H2,1-2H3. The minimum Gasteiger partial charge on any atom is -0.441 e. The average molecular weight is 595 g/mol. The second-order valence-electron chi connectivity index (χ2n) is 8.30. The molecule has 0 saturated heterocycles. The molecule has 0 aliphatic carbocycles. The fraction of sp³-hybridized carbons (Fsp3) is 0.440. The molecule has 3 aromatic rings. The maximum atomic E-state index is 13.2. The predicted octanol–water partition coefficient (Wildman–Crippen LogP) is 4.46. The first-order valence-electron chi connectivity index (χ1n) is 11.9. The molecule has 2 heterocycles. The number of rotatable bonds is 10. The Morgan fingerprint density at radius 1 is 1.23 bits per heavy atom. The number of aliphatic hydroxyl groups is 2. The summed E-state index contributed by atoms with van der Waals surface area (Å²) in [5, 5.41) is 24.5. The molecule has 40 heavy (non-hydrogen) atoms. The van der Waals surface area contributed by atoms with E-state index in [2.05, 4.69) is 20.6 Å². The van der Waals surface area contributed by atoms with Crippen molar-refractivity contribution in [2.45, 2.75) is 64.5 Å². The van der Waals surface area contributed by atoms with Gasteiger partial charge >= 0.3 is 6.18 Å². The number of halogens is 5. The van der Waals surface area contributed by atoms with Crippen molar-refractivity contribution in [3.63, 3.8) is 0 Å². The predicted molar refractivity (Wildman–Crippen MR) is 137 cm³/mol. The second kappa shape index (κ2) is 17.3. The van der Waals surface area contributed by atoms with Gasteiger partial charge in [-0.05, 0) is 38.8 Å². The normalized spacial score (nSPS) is 13.1. The molecule has 0 aliphatic heterocycles. The van der Waals surface area contributed by atoms with E-state index in [0.717, 1.165) is 29.9 Å². The van der Waals surface area contributed by atoms with Crippen molar-refractivity contribution in [1.29, 1.82) is 0 Å². The van der Waals surface area contributed by atoms with Gasteiger partial charge < -0.3 is 25.3 Å². The largest absolute Gasteiger partial charge is 0.441 e. The lowest BCUT2D eigenvalue weighted by molar-refractivity contribution is -0.139. The molecule has 2 amide bonds. The van der Waals surface area contributed by atoms with Gasteiger partial charge in [0, 0.05) is 24.1 Å². The number of thiazole rings is 1. The quantitative estimate of drug-likeness (QED) is 0.201. The van der Waals surface area contributed by atoms with Gasteiger partial charge in [0.15, 0.2) is 0 Å². The molecule has 0 fully saturated rings. The van der Waals surface area contributed by atoms with E-state index in [1.54, 1.807) is 19.2 Å². The SMILES string of the molecule is CCC(C)O.Cc1cnc(-c2ccc(F)cc2F)o1.O=CNCC(=O)NC(CCC(F)(F)F)C(O)c1nccs1. The van der Waals surface area contributed by atoms with Crippen LogP contribution < -0.4 is 10.6 Å². The number of benzene rings is 1. The van der Waals surface area contributed by atoms with E-state index in [-0.39, 0.29) is 29.1 Å². The third kappa shape index (κ3) is 13.6. The summed E-state index contributed by atoms with van der Waals surface area (Å²) in [5.41, 5.74) is 0.166. The molecule has 4 N–H and O–H groups in total. The molecule has 3 atom stereocenters. The van der Waals surface area contributed by atoms with Crippen LogP contribution in [0, 0.1) is 18.6 Å². The van der Waals surface area contributed by atoms with Gasteiger partial charge in [0.25, 0.3) is 0 Å². The van der Waals surface area contributed by atoms with E-state index in [1.807, 2.05) is 6.92 Å². The Bertz CT molecular complexity index is 1160. The smallest absolute Gasteiger partial charge is 0.389 e. The Balaban J connectivity index is 0.000000359. The van der Waals surface area contributed by atoms with Crippen molar-refractivity contribution in [2.75, 3.05) is 6.54 Å². The lowest BCUT2D eigenvalue weighted by Crippen LogP contribution is -2.43. The number of amides is 2. The maximum absolute atomic E-state index is 13.2. The third-order valence-corrected chi connectivity index (χ3v) is 5.74. The number of aromatic nitrogens is 2. The molecule has 222 valence electrons. The van der Waals surface area contributed by atoms with Crippen LogP contribution in [0.25, 0.3) is 11.5 Å². The highest BCUT2D eigenvalue weighted by atomic mass is 32.1. The molecular weight excluding hydrogens is 563 g/mol. The number of carbonyl (C=O) groups is 2. The number of hydrogen-bond acceptors (Lipinski definition) is 8. The minimum absolute atomic E-state index is 0.116. The van der Waals surface area contributed by atoms with Crippen LogP contribution in [0.2, 0.25) is 0 Å². The van der Waals surface area contributed by atoms with Crippen LogP contribution in [-0.2, 0) is 9.59 Å². The molecule has 9 nitrogen and oxygen atoms in total. The van der Waals surface area contributed by atoms with E-state index in [0.29, 0.717) is 12.2 Å². The van der Waals surface area contributed by atoms with E-state index in [4.69, 9.17) is 9.52 Å². The van der Waals surface area contributed by atoms with Crippen molar-refractivity contribution >= 4 is 23.7 Å². The van der Waals surface area contributed by atoms with Crippen molar-refractivity contribution < 1.29 is 46.2 Å². The Kier molecular flexibility index (Phi) is 15.0. The van der Waals surface area contributed by atoms with Crippen LogP contribution in [0.5, 0.6) is 0 Å². The van der Waals surface area contributed by atoms with Crippen molar-refractivity contribution in [2.24, 2.45) is 0 Å². The Morgan fingerprint density at radius 2 is 1.90 bits per heavy atom. The lowest BCUT2D eigenvalue weighted by atomic mass is 10.1. The summed E-state index contributed by atoms with van der Waals surface area (Å²) < 4.78 is 67.8. The number of nitrogens with one attached hydrogen (secondary N) is 2. The van der Waals surface area contributed by atoms with E-state index < -0.39 is 48.7 Å². The van der Waals surface area contributed by atoms with Crippen LogP contribution in [0.1, 0.15) is 50.0 Å². The molecule has 2 aromatic heterocycles. The summed E-state index contributed by atoms with van der Waals surface area (Å²) >= 11 is 1.07. The van der Waals surface area contributed by atoms with Crippen molar-refractivity contribution in [3.05, 3.63) is 58.4 Å². The lowest BCUT2D eigenvalue weighted by Gasteiger charge is -2.23. The number of aliphatic hydroxyl groups excluding tert-OH is 2. The zero-order chi connectivity index (χ0) is 30.3. The monoisotopic (exact) mass is 594 g/mol. The fourth-order valence-corrected chi connectivity index (χ4v) is 3.40. The highest BCUT2D eigenvalue weighted by molar-refractivity contribution is 7.09. The summed E-state index contributed by atoms with van der Waals surface area (Å²) in [5.74, 6) is -1.23. The summed E-state index contributed by atoms with van der Waals surface area (Å²) in [7, 11) is 0. The molecule has 0 radical (unpaired) electrons.